The summed E-state index contributed by atoms with van der Waals surface area (Å²) in [6.07, 6.45) is 5.09. The van der Waals surface area contributed by atoms with Crippen molar-refractivity contribution in [3.8, 4) is 0 Å². The average molecular weight is 600 g/mol. The maximum Gasteiger partial charge on any atom is 0.243 e. The standard InChI is InChI=1S/C30H32BrClN2O2S/c31-24-10-6-9-23(19-24)21-34(29(35)17-18-37-27-15-13-25(32)14-16-27)28(20-22-7-2-1-3-8-22)30(36)33-26-11-4-5-12-26/h1-3,6-10,13-16,19,26,28H,4-5,11-12,17-18,20-21H2,(H,33,36)/t28-/m0/s1. The first-order valence-electron chi connectivity index (χ1n) is 12.7. The van der Waals surface area contributed by atoms with Crippen LogP contribution in [0.15, 0.2) is 88.2 Å². The third-order valence-electron chi connectivity index (χ3n) is 6.61. The number of carbonyl (C=O) groups excluding carboxylic acids is 2. The quantitative estimate of drug-likeness (QED) is 0.236. The van der Waals surface area contributed by atoms with E-state index in [4.69, 9.17) is 11.6 Å². The van der Waals surface area contributed by atoms with Crippen molar-refractivity contribution in [1.29, 1.82) is 0 Å². The normalized spacial score (nSPS) is 14.3. The Morgan fingerprint density at radius 1 is 0.973 bits per heavy atom. The third kappa shape index (κ3) is 8.62. The lowest BCUT2D eigenvalue weighted by atomic mass is 10.0. The number of hydrogen-bond donors (Lipinski definition) is 1. The van der Waals surface area contributed by atoms with Crippen LogP contribution in [0, 0.1) is 0 Å². The molecule has 0 aliphatic heterocycles. The summed E-state index contributed by atoms with van der Waals surface area (Å²) < 4.78 is 0.950. The molecule has 0 aromatic heterocycles. The minimum atomic E-state index is -0.588. The molecule has 1 aliphatic rings. The molecule has 4 rings (SSSR count). The van der Waals surface area contributed by atoms with Crippen molar-refractivity contribution in [1.82, 2.24) is 10.2 Å². The molecule has 1 aliphatic carbocycles. The van der Waals surface area contributed by atoms with E-state index in [0.717, 1.165) is 46.2 Å². The number of nitrogens with one attached hydrogen (secondary N) is 1. The van der Waals surface area contributed by atoms with Crippen molar-refractivity contribution in [2.75, 3.05) is 5.75 Å². The fourth-order valence-corrected chi connectivity index (χ4v) is 6.10. The molecule has 0 spiro atoms. The Hall–Kier alpha value is -2.28. The average Bonchev–Trinajstić information content (AvgIpc) is 3.41. The molecular formula is C30H32BrClN2O2S. The van der Waals surface area contributed by atoms with Gasteiger partial charge in [0.15, 0.2) is 0 Å². The number of rotatable bonds is 11. The van der Waals surface area contributed by atoms with Gasteiger partial charge in [0.25, 0.3) is 0 Å². The Balaban J connectivity index is 1.56. The van der Waals surface area contributed by atoms with E-state index in [1.807, 2.05) is 78.9 Å². The van der Waals surface area contributed by atoms with Crippen LogP contribution in [-0.2, 0) is 22.6 Å². The van der Waals surface area contributed by atoms with E-state index >= 15 is 0 Å². The molecule has 2 amide bonds. The predicted octanol–water partition coefficient (Wildman–Crippen LogP) is 7.28. The molecule has 1 atom stereocenters. The molecule has 1 saturated carbocycles. The molecule has 0 bridgehead atoms. The minimum absolute atomic E-state index is 0.0241. The summed E-state index contributed by atoms with van der Waals surface area (Å²) in [6, 6.07) is 25.1. The summed E-state index contributed by atoms with van der Waals surface area (Å²) in [7, 11) is 0. The van der Waals surface area contributed by atoms with Gasteiger partial charge >= 0.3 is 0 Å². The van der Waals surface area contributed by atoms with Gasteiger partial charge in [0.1, 0.15) is 6.04 Å². The zero-order chi connectivity index (χ0) is 26.0. The predicted molar refractivity (Wildman–Crippen MR) is 156 cm³/mol. The van der Waals surface area contributed by atoms with Crippen LogP contribution in [0.2, 0.25) is 5.02 Å². The molecule has 4 nitrogen and oxygen atoms in total. The highest BCUT2D eigenvalue weighted by molar-refractivity contribution is 9.10. The van der Waals surface area contributed by atoms with Gasteiger partial charge in [-0.25, -0.2) is 0 Å². The van der Waals surface area contributed by atoms with Gasteiger partial charge in [-0.15, -0.1) is 11.8 Å². The summed E-state index contributed by atoms with van der Waals surface area (Å²) in [5.74, 6) is 0.533. The van der Waals surface area contributed by atoms with Crippen molar-refractivity contribution in [2.24, 2.45) is 0 Å². The van der Waals surface area contributed by atoms with Crippen molar-refractivity contribution < 1.29 is 9.59 Å². The highest BCUT2D eigenvalue weighted by Crippen LogP contribution is 2.24. The van der Waals surface area contributed by atoms with E-state index in [1.54, 1.807) is 16.7 Å². The first kappa shape index (κ1) is 27.7. The largest absolute Gasteiger partial charge is 0.352 e. The summed E-state index contributed by atoms with van der Waals surface area (Å²) in [6.45, 7) is 0.374. The third-order valence-corrected chi connectivity index (χ3v) is 8.37. The number of carbonyl (C=O) groups is 2. The maximum atomic E-state index is 13.7. The van der Waals surface area contributed by atoms with Gasteiger partial charge in [0, 0.05) is 45.6 Å². The van der Waals surface area contributed by atoms with E-state index in [-0.39, 0.29) is 17.9 Å². The van der Waals surface area contributed by atoms with Gasteiger partial charge in [-0.05, 0) is 60.4 Å². The molecule has 0 heterocycles. The monoisotopic (exact) mass is 598 g/mol. The lowest BCUT2D eigenvalue weighted by Crippen LogP contribution is -2.52. The topological polar surface area (TPSA) is 49.4 Å². The first-order chi connectivity index (χ1) is 18.0. The maximum absolute atomic E-state index is 13.7. The van der Waals surface area contributed by atoms with Crippen LogP contribution in [0.3, 0.4) is 0 Å². The van der Waals surface area contributed by atoms with Gasteiger partial charge in [-0.1, -0.05) is 82.8 Å². The van der Waals surface area contributed by atoms with Crippen LogP contribution >= 0.6 is 39.3 Å². The summed E-state index contributed by atoms with van der Waals surface area (Å²) in [4.78, 5) is 30.3. The van der Waals surface area contributed by atoms with Crippen LogP contribution in [0.5, 0.6) is 0 Å². The zero-order valence-electron chi connectivity index (χ0n) is 20.7. The first-order valence-corrected chi connectivity index (χ1v) is 14.9. The summed E-state index contributed by atoms with van der Waals surface area (Å²) >= 11 is 11.2. The van der Waals surface area contributed by atoms with Crippen LogP contribution < -0.4 is 5.32 Å². The molecule has 0 radical (unpaired) electrons. The fraction of sp³-hybridized carbons (Fsp3) is 0.333. The van der Waals surface area contributed by atoms with Gasteiger partial charge in [-0.3, -0.25) is 9.59 Å². The molecule has 37 heavy (non-hydrogen) atoms. The van der Waals surface area contributed by atoms with Gasteiger partial charge < -0.3 is 10.2 Å². The number of benzene rings is 3. The summed E-state index contributed by atoms with van der Waals surface area (Å²) in [5, 5.41) is 3.95. The smallest absolute Gasteiger partial charge is 0.243 e. The highest BCUT2D eigenvalue weighted by Gasteiger charge is 2.32. The number of hydrogen-bond acceptors (Lipinski definition) is 3. The molecular weight excluding hydrogens is 568 g/mol. The lowest BCUT2D eigenvalue weighted by Gasteiger charge is -2.32. The molecule has 3 aromatic rings. The van der Waals surface area contributed by atoms with Crippen molar-refractivity contribution >= 4 is 51.1 Å². The molecule has 0 unspecified atom stereocenters. The Morgan fingerprint density at radius 2 is 1.68 bits per heavy atom. The van der Waals surface area contributed by atoms with E-state index in [0.29, 0.717) is 30.2 Å². The number of halogens is 2. The Bertz CT molecular complexity index is 1170. The van der Waals surface area contributed by atoms with Crippen molar-refractivity contribution in [3.05, 3.63) is 99.5 Å². The van der Waals surface area contributed by atoms with Crippen LogP contribution in [0.4, 0.5) is 0 Å². The second-order valence-corrected chi connectivity index (χ2v) is 11.9. The Morgan fingerprint density at radius 3 is 2.38 bits per heavy atom. The summed E-state index contributed by atoms with van der Waals surface area (Å²) in [5.41, 5.74) is 2.02. The highest BCUT2D eigenvalue weighted by atomic mass is 79.9. The van der Waals surface area contributed by atoms with Crippen LogP contribution in [0.25, 0.3) is 0 Å². The van der Waals surface area contributed by atoms with E-state index in [1.165, 1.54) is 0 Å². The molecule has 194 valence electrons. The Labute approximate surface area is 237 Å². The molecule has 1 N–H and O–H groups in total. The molecule has 3 aromatic carbocycles. The number of nitrogens with zero attached hydrogens (tertiary/aromatic N) is 1. The van der Waals surface area contributed by atoms with E-state index < -0.39 is 6.04 Å². The van der Waals surface area contributed by atoms with Gasteiger partial charge in [0.2, 0.25) is 11.8 Å². The Kier molecular flexibility index (Phi) is 10.5. The molecule has 7 heteroatoms. The van der Waals surface area contributed by atoms with E-state index in [2.05, 4.69) is 21.2 Å². The fourth-order valence-electron chi connectivity index (χ4n) is 4.68. The van der Waals surface area contributed by atoms with Crippen molar-refractivity contribution in [3.63, 3.8) is 0 Å². The lowest BCUT2D eigenvalue weighted by molar-refractivity contribution is -0.141. The second-order valence-electron chi connectivity index (χ2n) is 9.40. The van der Waals surface area contributed by atoms with E-state index in [9.17, 15) is 9.59 Å². The molecule has 0 saturated heterocycles. The minimum Gasteiger partial charge on any atom is -0.352 e. The zero-order valence-corrected chi connectivity index (χ0v) is 23.9. The number of thioether (sulfide) groups is 1. The van der Waals surface area contributed by atoms with Crippen LogP contribution in [0.1, 0.15) is 43.2 Å². The van der Waals surface area contributed by atoms with Crippen molar-refractivity contribution in [2.45, 2.75) is 62.0 Å². The van der Waals surface area contributed by atoms with Gasteiger partial charge in [-0.2, -0.15) is 0 Å². The SMILES string of the molecule is O=C(NC1CCCC1)[C@H](Cc1ccccc1)N(Cc1cccc(Br)c1)C(=O)CCSc1ccc(Cl)cc1. The second kappa shape index (κ2) is 14.0. The van der Waals surface area contributed by atoms with Crippen LogP contribution in [-0.4, -0.2) is 34.6 Å². The van der Waals surface area contributed by atoms with Gasteiger partial charge in [0.05, 0.1) is 0 Å². The number of amides is 2. The molecule has 1 fully saturated rings.